The predicted molar refractivity (Wildman–Crippen MR) is 110 cm³/mol. The Balaban J connectivity index is 1.84. The van der Waals surface area contributed by atoms with Crippen LogP contribution in [0.3, 0.4) is 0 Å². The van der Waals surface area contributed by atoms with Crippen LogP contribution in [-0.4, -0.2) is 29.3 Å². The zero-order chi connectivity index (χ0) is 21.3. The highest BCUT2D eigenvalue weighted by molar-refractivity contribution is 7.91. The van der Waals surface area contributed by atoms with Gasteiger partial charge in [-0.1, -0.05) is 23.4 Å². The molecule has 3 N–H and O–H groups in total. The highest BCUT2D eigenvalue weighted by Gasteiger charge is 2.27. The van der Waals surface area contributed by atoms with Crippen LogP contribution < -0.4 is 11.1 Å². The molecule has 0 radical (unpaired) electrons. The van der Waals surface area contributed by atoms with Crippen LogP contribution in [0.15, 0.2) is 46.3 Å². The van der Waals surface area contributed by atoms with Gasteiger partial charge in [-0.25, -0.2) is 13.1 Å². The molecule has 8 nitrogen and oxygen atoms in total. The average Bonchev–Trinajstić information content (AvgIpc) is 3.02. The third-order valence-corrected chi connectivity index (χ3v) is 6.63. The van der Waals surface area contributed by atoms with Gasteiger partial charge in [0, 0.05) is 5.69 Å². The van der Waals surface area contributed by atoms with E-state index in [0.29, 0.717) is 5.69 Å². The first-order valence-corrected chi connectivity index (χ1v) is 10.5. The Morgan fingerprint density at radius 3 is 2.48 bits per heavy atom. The van der Waals surface area contributed by atoms with Crippen molar-refractivity contribution in [3.63, 3.8) is 0 Å². The lowest BCUT2D eigenvalue weighted by molar-refractivity contribution is -0.116. The van der Waals surface area contributed by atoms with E-state index in [2.05, 4.69) is 15.6 Å². The Bertz CT molecular complexity index is 1200. The van der Waals surface area contributed by atoms with Crippen molar-refractivity contribution < 1.29 is 13.2 Å². The summed E-state index contributed by atoms with van der Waals surface area (Å²) in [5, 5.41) is 9.93. The Morgan fingerprint density at radius 2 is 1.79 bits per heavy atom. The summed E-state index contributed by atoms with van der Waals surface area (Å²) in [7, 11) is -3.95. The fourth-order valence-electron chi connectivity index (χ4n) is 2.82. The van der Waals surface area contributed by atoms with E-state index in [1.54, 1.807) is 18.2 Å². The summed E-state index contributed by atoms with van der Waals surface area (Å²) < 4.78 is 26.9. The van der Waals surface area contributed by atoms with Crippen LogP contribution in [0, 0.1) is 27.7 Å². The van der Waals surface area contributed by atoms with Crippen LogP contribution in [0.4, 0.5) is 11.5 Å². The first-order valence-electron chi connectivity index (χ1n) is 8.98. The molecular weight excluding hydrogens is 390 g/mol. The van der Waals surface area contributed by atoms with Crippen molar-refractivity contribution in [2.45, 2.75) is 44.2 Å². The Hall–Kier alpha value is -3.20. The lowest BCUT2D eigenvalue weighted by Crippen LogP contribution is -2.21. The largest absolute Gasteiger partial charge is 0.381 e. The molecule has 3 aromatic rings. The molecule has 0 aliphatic carbocycles. The number of aromatic nitrogens is 3. The van der Waals surface area contributed by atoms with Gasteiger partial charge in [-0.15, -0.1) is 5.10 Å². The Labute approximate surface area is 169 Å². The Morgan fingerprint density at radius 1 is 1.07 bits per heavy atom. The van der Waals surface area contributed by atoms with E-state index in [0.717, 1.165) is 26.9 Å². The van der Waals surface area contributed by atoms with Gasteiger partial charge in [0.05, 0.1) is 4.90 Å². The molecule has 29 heavy (non-hydrogen) atoms. The number of hydrogen-bond donors (Lipinski definition) is 2. The van der Waals surface area contributed by atoms with Crippen molar-refractivity contribution >= 4 is 27.2 Å². The third kappa shape index (κ3) is 4.00. The number of rotatable bonds is 5. The number of amides is 1. The summed E-state index contributed by atoms with van der Waals surface area (Å²) in [4.78, 5) is 12.5. The molecule has 1 heterocycles. The molecule has 3 rings (SSSR count). The number of nitrogen functional groups attached to an aromatic ring is 1. The summed E-state index contributed by atoms with van der Waals surface area (Å²) in [5.41, 5.74) is 10.5. The SMILES string of the molecule is Cc1ccc(S(=O)(=O)c2nnn(CC(=O)Nc3cccc(C)c3C)c2N)cc1C. The minimum absolute atomic E-state index is 0.0826. The summed E-state index contributed by atoms with van der Waals surface area (Å²) in [6, 6.07) is 10.4. The smallest absolute Gasteiger partial charge is 0.246 e. The maximum absolute atomic E-state index is 12.9. The van der Waals surface area contributed by atoms with Gasteiger partial charge in [0.25, 0.3) is 0 Å². The zero-order valence-electron chi connectivity index (χ0n) is 16.7. The second-order valence-electron chi connectivity index (χ2n) is 6.98. The summed E-state index contributed by atoms with van der Waals surface area (Å²) >= 11 is 0. The van der Waals surface area contributed by atoms with Gasteiger partial charge in [0.1, 0.15) is 6.54 Å². The van der Waals surface area contributed by atoms with E-state index in [-0.39, 0.29) is 28.2 Å². The average molecular weight is 414 g/mol. The fourth-order valence-corrected chi connectivity index (χ4v) is 4.14. The van der Waals surface area contributed by atoms with Gasteiger partial charge in [-0.2, -0.15) is 0 Å². The number of carbonyl (C=O) groups is 1. The number of sulfone groups is 1. The monoisotopic (exact) mass is 413 g/mol. The molecule has 9 heteroatoms. The van der Waals surface area contributed by atoms with E-state index < -0.39 is 9.84 Å². The normalized spacial score (nSPS) is 11.4. The molecule has 0 bridgehead atoms. The van der Waals surface area contributed by atoms with Crippen LogP contribution in [0.25, 0.3) is 0 Å². The molecule has 0 saturated carbocycles. The molecular formula is C20H23N5O3S. The van der Waals surface area contributed by atoms with Crippen molar-refractivity contribution in [3.05, 3.63) is 58.7 Å². The number of anilines is 2. The van der Waals surface area contributed by atoms with Crippen LogP contribution in [0.1, 0.15) is 22.3 Å². The van der Waals surface area contributed by atoms with Crippen molar-refractivity contribution in [1.82, 2.24) is 15.0 Å². The zero-order valence-corrected chi connectivity index (χ0v) is 17.5. The quantitative estimate of drug-likeness (QED) is 0.663. The van der Waals surface area contributed by atoms with Crippen LogP contribution in [-0.2, 0) is 21.2 Å². The topological polar surface area (TPSA) is 120 Å². The number of nitrogens with zero attached hydrogens (tertiary/aromatic N) is 3. The number of nitrogens with one attached hydrogen (secondary N) is 1. The van der Waals surface area contributed by atoms with Gasteiger partial charge in [-0.05, 0) is 68.1 Å². The number of aryl methyl sites for hydroxylation is 3. The lowest BCUT2D eigenvalue weighted by Gasteiger charge is -2.10. The fraction of sp³-hybridized carbons (Fsp3) is 0.250. The summed E-state index contributed by atoms with van der Waals surface area (Å²) in [6.07, 6.45) is 0. The lowest BCUT2D eigenvalue weighted by atomic mass is 10.1. The Kier molecular flexibility index (Phi) is 5.43. The molecule has 0 fully saturated rings. The van der Waals surface area contributed by atoms with Crippen molar-refractivity contribution in [2.75, 3.05) is 11.1 Å². The van der Waals surface area contributed by atoms with Crippen LogP contribution in [0.2, 0.25) is 0 Å². The maximum Gasteiger partial charge on any atom is 0.246 e. The third-order valence-electron chi connectivity index (χ3n) is 4.96. The molecule has 0 unspecified atom stereocenters. The standard InChI is InChI=1S/C20H23N5O3S/c1-12-8-9-16(10-14(12)3)29(27,28)20-19(21)25(24-23-20)11-18(26)22-17-7-5-6-13(2)15(17)4/h5-10H,11,21H2,1-4H3,(H,22,26). The van der Waals surface area contributed by atoms with Crippen molar-refractivity contribution in [2.24, 2.45) is 0 Å². The van der Waals surface area contributed by atoms with Gasteiger partial charge in [-0.3, -0.25) is 4.79 Å². The first-order chi connectivity index (χ1) is 13.6. The highest BCUT2D eigenvalue weighted by Crippen LogP contribution is 2.25. The van der Waals surface area contributed by atoms with Gasteiger partial charge < -0.3 is 11.1 Å². The van der Waals surface area contributed by atoms with E-state index in [4.69, 9.17) is 5.73 Å². The van der Waals surface area contributed by atoms with Gasteiger partial charge in [0.2, 0.25) is 20.8 Å². The maximum atomic E-state index is 12.9. The molecule has 0 spiro atoms. The van der Waals surface area contributed by atoms with E-state index >= 15 is 0 Å². The highest BCUT2D eigenvalue weighted by atomic mass is 32.2. The number of nitrogens with two attached hydrogens (primary N) is 1. The van der Waals surface area contributed by atoms with Gasteiger partial charge in [0.15, 0.2) is 5.82 Å². The second kappa shape index (κ2) is 7.67. The van der Waals surface area contributed by atoms with Crippen molar-refractivity contribution in [3.8, 4) is 0 Å². The number of carbonyl (C=O) groups excluding carboxylic acids is 1. The second-order valence-corrected chi connectivity index (χ2v) is 8.85. The molecule has 152 valence electrons. The van der Waals surface area contributed by atoms with Crippen molar-refractivity contribution in [1.29, 1.82) is 0 Å². The van der Waals surface area contributed by atoms with E-state index in [9.17, 15) is 13.2 Å². The van der Waals surface area contributed by atoms with Crippen LogP contribution in [0.5, 0.6) is 0 Å². The molecule has 0 atom stereocenters. The molecule has 1 aromatic heterocycles. The summed E-state index contributed by atoms with van der Waals surface area (Å²) in [6.45, 7) is 7.32. The van der Waals surface area contributed by atoms with E-state index in [1.165, 1.54) is 6.07 Å². The number of hydrogen-bond acceptors (Lipinski definition) is 6. The summed E-state index contributed by atoms with van der Waals surface area (Å²) in [5.74, 6) is -0.565. The van der Waals surface area contributed by atoms with Gasteiger partial charge >= 0.3 is 0 Å². The minimum Gasteiger partial charge on any atom is -0.381 e. The predicted octanol–water partition coefficient (Wildman–Crippen LogP) is 2.57. The van der Waals surface area contributed by atoms with E-state index in [1.807, 2.05) is 39.8 Å². The first kappa shape index (κ1) is 20.5. The number of benzene rings is 2. The molecule has 0 aliphatic rings. The minimum atomic E-state index is -3.95. The molecule has 2 aromatic carbocycles. The molecule has 0 aliphatic heterocycles. The van der Waals surface area contributed by atoms with Crippen LogP contribution >= 0.6 is 0 Å². The molecule has 1 amide bonds. The molecule has 0 saturated heterocycles.